The molecule has 146 valence electrons. The molecule has 28 heavy (non-hydrogen) atoms. The Morgan fingerprint density at radius 2 is 1.93 bits per heavy atom. The van der Waals surface area contributed by atoms with Crippen molar-refractivity contribution in [2.45, 2.75) is 19.4 Å². The number of aromatic hydroxyl groups is 1. The molecule has 0 saturated carbocycles. The normalized spacial score (nSPS) is 10.5. The molecule has 0 aliphatic carbocycles. The van der Waals surface area contributed by atoms with E-state index in [2.05, 4.69) is 5.32 Å². The zero-order chi connectivity index (χ0) is 19.8. The van der Waals surface area contributed by atoms with Gasteiger partial charge in [0, 0.05) is 17.0 Å². The van der Waals surface area contributed by atoms with Gasteiger partial charge < -0.3 is 19.9 Å². The number of methoxy groups -OCH3 is 1. The third kappa shape index (κ3) is 5.27. The minimum Gasteiger partial charge on any atom is -0.504 e. The van der Waals surface area contributed by atoms with Gasteiger partial charge in [0.1, 0.15) is 6.61 Å². The van der Waals surface area contributed by atoms with Crippen LogP contribution in [0, 0.1) is 0 Å². The zero-order valence-corrected chi connectivity index (χ0v) is 16.5. The van der Waals surface area contributed by atoms with Gasteiger partial charge >= 0.3 is 0 Å². The molecule has 0 radical (unpaired) electrons. The first-order valence-corrected chi connectivity index (χ1v) is 9.90. The number of phenols is 1. The number of thiophene rings is 1. The number of hydrogen-bond donors (Lipinski definition) is 2. The van der Waals surface area contributed by atoms with Gasteiger partial charge in [0.2, 0.25) is 11.7 Å². The molecule has 2 N–H and O–H groups in total. The first-order chi connectivity index (χ1) is 13.7. The largest absolute Gasteiger partial charge is 0.504 e. The third-order valence-corrected chi connectivity index (χ3v) is 5.18. The van der Waals surface area contributed by atoms with E-state index in [0.717, 1.165) is 12.0 Å². The highest BCUT2D eigenvalue weighted by molar-refractivity contribution is 7.09. The summed E-state index contributed by atoms with van der Waals surface area (Å²) in [6.07, 6.45) is 0.872. The molecule has 3 rings (SSSR count). The molecule has 0 saturated heterocycles. The van der Waals surface area contributed by atoms with Crippen LogP contribution in [-0.2, 0) is 24.2 Å². The Kier molecular flexibility index (Phi) is 6.92. The van der Waals surface area contributed by atoms with E-state index in [1.165, 1.54) is 12.0 Å². The van der Waals surface area contributed by atoms with Crippen LogP contribution in [0.15, 0.2) is 60.0 Å². The molecule has 1 aromatic heterocycles. The summed E-state index contributed by atoms with van der Waals surface area (Å²) in [5.41, 5.74) is 1.51. The SMILES string of the molecule is COc1c(OCc2ccccc2)ccc(CC(=O)NCCc2cccs2)c1O. The summed E-state index contributed by atoms with van der Waals surface area (Å²) >= 11 is 1.67. The second-order valence-corrected chi connectivity index (χ2v) is 7.27. The van der Waals surface area contributed by atoms with Crippen molar-refractivity contribution in [2.24, 2.45) is 0 Å². The van der Waals surface area contributed by atoms with Gasteiger partial charge in [-0.1, -0.05) is 42.5 Å². The van der Waals surface area contributed by atoms with E-state index in [4.69, 9.17) is 9.47 Å². The summed E-state index contributed by atoms with van der Waals surface area (Å²) in [6.45, 7) is 0.925. The maximum Gasteiger partial charge on any atom is 0.224 e. The highest BCUT2D eigenvalue weighted by atomic mass is 32.1. The Morgan fingerprint density at radius 1 is 1.11 bits per heavy atom. The van der Waals surface area contributed by atoms with Crippen LogP contribution in [0.2, 0.25) is 0 Å². The van der Waals surface area contributed by atoms with Crippen molar-refractivity contribution in [3.63, 3.8) is 0 Å². The highest BCUT2D eigenvalue weighted by Crippen LogP contribution is 2.39. The first-order valence-electron chi connectivity index (χ1n) is 9.02. The van der Waals surface area contributed by atoms with Gasteiger partial charge in [0.15, 0.2) is 11.5 Å². The molecule has 0 spiro atoms. The van der Waals surface area contributed by atoms with Crippen molar-refractivity contribution in [1.29, 1.82) is 0 Å². The standard InChI is InChI=1S/C22H23NO4S/c1-26-22-19(27-15-16-6-3-2-4-7-16)10-9-17(21(22)25)14-20(24)23-12-11-18-8-5-13-28-18/h2-10,13,25H,11-12,14-15H2,1H3,(H,23,24). The Labute approximate surface area is 168 Å². The Balaban J connectivity index is 1.59. The minimum atomic E-state index is -0.146. The molecule has 0 atom stereocenters. The summed E-state index contributed by atoms with van der Waals surface area (Å²) in [5.74, 6) is 0.457. The molecular formula is C22H23NO4S. The summed E-state index contributed by atoms with van der Waals surface area (Å²) in [7, 11) is 1.47. The van der Waals surface area contributed by atoms with E-state index >= 15 is 0 Å². The number of hydrogen-bond acceptors (Lipinski definition) is 5. The number of ether oxygens (including phenoxy) is 2. The Bertz CT molecular complexity index is 894. The van der Waals surface area contributed by atoms with Crippen molar-refractivity contribution in [3.8, 4) is 17.2 Å². The van der Waals surface area contributed by atoms with Crippen LogP contribution < -0.4 is 14.8 Å². The van der Waals surface area contributed by atoms with Gasteiger partial charge in [0.05, 0.1) is 13.5 Å². The number of amides is 1. The number of carbonyl (C=O) groups excluding carboxylic acids is 1. The maximum atomic E-state index is 12.2. The lowest BCUT2D eigenvalue weighted by molar-refractivity contribution is -0.120. The maximum absolute atomic E-state index is 12.2. The van der Waals surface area contributed by atoms with Crippen molar-refractivity contribution >= 4 is 17.2 Å². The molecule has 2 aromatic carbocycles. The average Bonchev–Trinajstić information content (AvgIpc) is 3.22. The second kappa shape index (κ2) is 9.80. The molecular weight excluding hydrogens is 374 g/mol. The van der Waals surface area contributed by atoms with Crippen molar-refractivity contribution in [2.75, 3.05) is 13.7 Å². The predicted octanol–water partition coefficient (Wildman–Crippen LogP) is 3.94. The van der Waals surface area contributed by atoms with Crippen LogP contribution in [0.1, 0.15) is 16.0 Å². The smallest absolute Gasteiger partial charge is 0.224 e. The Morgan fingerprint density at radius 3 is 2.64 bits per heavy atom. The van der Waals surface area contributed by atoms with E-state index in [-0.39, 0.29) is 23.8 Å². The van der Waals surface area contributed by atoms with Gasteiger partial charge in [-0.25, -0.2) is 0 Å². The first kappa shape index (κ1) is 19.8. The Hall–Kier alpha value is -2.99. The van der Waals surface area contributed by atoms with Crippen molar-refractivity contribution in [1.82, 2.24) is 5.32 Å². The quantitative estimate of drug-likeness (QED) is 0.574. The van der Waals surface area contributed by atoms with E-state index in [1.807, 2.05) is 47.8 Å². The van der Waals surface area contributed by atoms with Crippen LogP contribution in [-0.4, -0.2) is 24.7 Å². The van der Waals surface area contributed by atoms with Gasteiger partial charge in [-0.05, 0) is 29.5 Å². The topological polar surface area (TPSA) is 67.8 Å². The predicted molar refractivity (Wildman–Crippen MR) is 110 cm³/mol. The van der Waals surface area contributed by atoms with Crippen LogP contribution in [0.4, 0.5) is 0 Å². The van der Waals surface area contributed by atoms with E-state index < -0.39 is 0 Å². The zero-order valence-electron chi connectivity index (χ0n) is 15.7. The molecule has 6 heteroatoms. The fraction of sp³-hybridized carbons (Fsp3) is 0.227. The number of carbonyl (C=O) groups is 1. The van der Waals surface area contributed by atoms with E-state index in [9.17, 15) is 9.90 Å². The fourth-order valence-corrected chi connectivity index (χ4v) is 3.51. The van der Waals surface area contributed by atoms with Gasteiger partial charge in [0.25, 0.3) is 0 Å². The van der Waals surface area contributed by atoms with Crippen molar-refractivity contribution in [3.05, 3.63) is 76.0 Å². The molecule has 0 aliphatic rings. The summed E-state index contributed by atoms with van der Waals surface area (Å²) < 4.78 is 11.1. The molecule has 5 nitrogen and oxygen atoms in total. The number of rotatable bonds is 9. The lowest BCUT2D eigenvalue weighted by Gasteiger charge is -2.14. The molecule has 0 bridgehead atoms. The van der Waals surface area contributed by atoms with Crippen LogP contribution >= 0.6 is 11.3 Å². The number of phenolic OH excluding ortho intramolecular Hbond substituents is 1. The van der Waals surface area contributed by atoms with E-state index in [1.54, 1.807) is 23.5 Å². The summed E-state index contributed by atoms with van der Waals surface area (Å²) in [5, 5.41) is 15.4. The summed E-state index contributed by atoms with van der Waals surface area (Å²) in [4.78, 5) is 13.4. The van der Waals surface area contributed by atoms with Gasteiger partial charge in [-0.2, -0.15) is 0 Å². The monoisotopic (exact) mass is 397 g/mol. The van der Waals surface area contributed by atoms with Crippen LogP contribution in [0.25, 0.3) is 0 Å². The molecule has 0 fully saturated rings. The third-order valence-electron chi connectivity index (χ3n) is 4.24. The lowest BCUT2D eigenvalue weighted by atomic mass is 10.1. The van der Waals surface area contributed by atoms with E-state index in [0.29, 0.717) is 24.5 Å². The molecule has 0 aliphatic heterocycles. The van der Waals surface area contributed by atoms with Crippen molar-refractivity contribution < 1.29 is 19.4 Å². The van der Waals surface area contributed by atoms with Gasteiger partial charge in [-0.15, -0.1) is 11.3 Å². The molecule has 1 heterocycles. The minimum absolute atomic E-state index is 0.0681. The fourth-order valence-electron chi connectivity index (χ4n) is 2.80. The summed E-state index contributed by atoms with van der Waals surface area (Å²) in [6, 6.07) is 17.2. The highest BCUT2D eigenvalue weighted by Gasteiger charge is 2.17. The van der Waals surface area contributed by atoms with Crippen LogP contribution in [0.3, 0.4) is 0 Å². The second-order valence-electron chi connectivity index (χ2n) is 6.24. The molecule has 1 amide bonds. The van der Waals surface area contributed by atoms with Gasteiger partial charge in [-0.3, -0.25) is 4.79 Å². The average molecular weight is 397 g/mol. The number of nitrogens with one attached hydrogen (secondary N) is 1. The molecule has 3 aromatic rings. The molecule has 0 unspecified atom stereocenters. The number of benzene rings is 2. The van der Waals surface area contributed by atoms with Crippen LogP contribution in [0.5, 0.6) is 17.2 Å². The lowest BCUT2D eigenvalue weighted by Crippen LogP contribution is -2.27.